The summed E-state index contributed by atoms with van der Waals surface area (Å²) in [5.41, 5.74) is 2.94. The summed E-state index contributed by atoms with van der Waals surface area (Å²) in [6, 6.07) is 44.6. The van der Waals surface area contributed by atoms with Crippen LogP contribution in [0.15, 0.2) is 121 Å². The second-order valence-electron chi connectivity index (χ2n) is 10.4. The molecule has 0 bridgehead atoms. The third kappa shape index (κ3) is 7.97. The van der Waals surface area contributed by atoms with Crippen molar-refractivity contribution in [2.75, 3.05) is 0 Å². The molecule has 0 aliphatic rings. The van der Waals surface area contributed by atoms with Crippen LogP contribution < -0.4 is 31.8 Å². The number of benzene rings is 4. The molecular formula is C38H36O2P2RuS2+2. The number of aryl methyl sites for hydroxylation is 4. The van der Waals surface area contributed by atoms with Gasteiger partial charge >= 0.3 is 19.5 Å². The fourth-order valence-corrected chi connectivity index (χ4v) is 13.6. The minimum Gasteiger partial charge on any atom is -0.481 e. The van der Waals surface area contributed by atoms with Crippen LogP contribution in [-0.2, 0) is 24.3 Å². The molecule has 1 N–H and O–H groups in total. The van der Waals surface area contributed by atoms with Gasteiger partial charge in [0, 0.05) is 48.2 Å². The number of carboxylic acids is 1. The molecule has 7 heteroatoms. The molecule has 228 valence electrons. The molecule has 2 heterocycles. The Morgan fingerprint density at radius 3 is 0.933 bits per heavy atom. The molecule has 0 fully saturated rings. The number of hydrogen-bond acceptors (Lipinski definition) is 3. The molecule has 4 aromatic carbocycles. The van der Waals surface area contributed by atoms with Gasteiger partial charge in [-0.1, -0.05) is 121 Å². The van der Waals surface area contributed by atoms with E-state index in [1.54, 1.807) is 0 Å². The number of rotatable bonds is 7. The van der Waals surface area contributed by atoms with Gasteiger partial charge in [-0.15, -0.1) is 22.7 Å². The van der Waals surface area contributed by atoms with Crippen LogP contribution in [-0.4, -0.2) is 11.1 Å². The Morgan fingerprint density at radius 2 is 0.711 bits per heavy atom. The summed E-state index contributed by atoms with van der Waals surface area (Å²) in [6.07, 6.45) is 0. The van der Waals surface area contributed by atoms with Crippen molar-refractivity contribution in [3.05, 3.63) is 141 Å². The second kappa shape index (κ2) is 16.2. The average molecular weight is 752 g/mol. The quantitative estimate of drug-likeness (QED) is 0.132. The molecule has 0 spiro atoms. The molecule has 2 aromatic heterocycles. The predicted octanol–water partition coefficient (Wildman–Crippen LogP) is 8.32. The van der Waals surface area contributed by atoms with Crippen molar-refractivity contribution in [2.45, 2.75) is 34.6 Å². The Morgan fingerprint density at radius 1 is 0.489 bits per heavy atom. The summed E-state index contributed by atoms with van der Waals surface area (Å²) < 4.78 is 0. The van der Waals surface area contributed by atoms with Gasteiger partial charge in [-0.05, 0) is 64.8 Å². The maximum Gasteiger partial charge on any atom is 2.00 e. The molecule has 0 saturated carbocycles. The number of carboxylic acid groups (broad SMARTS) is 1. The third-order valence-electron chi connectivity index (χ3n) is 7.21. The van der Waals surface area contributed by atoms with Gasteiger partial charge in [-0.2, -0.15) is 0 Å². The molecule has 0 atom stereocenters. The molecule has 6 aromatic rings. The zero-order valence-electron chi connectivity index (χ0n) is 26.0. The van der Waals surface area contributed by atoms with Crippen molar-refractivity contribution >= 4 is 76.3 Å². The van der Waals surface area contributed by atoms with E-state index in [0.717, 1.165) is 6.92 Å². The monoisotopic (exact) mass is 752 g/mol. The van der Waals surface area contributed by atoms with Crippen LogP contribution >= 0.6 is 38.5 Å². The number of carbonyl (C=O) groups is 1. The summed E-state index contributed by atoms with van der Waals surface area (Å²) >= 11 is 3.93. The summed E-state index contributed by atoms with van der Waals surface area (Å²) in [5, 5.41) is 16.1. The first-order valence-electron chi connectivity index (χ1n) is 14.5. The van der Waals surface area contributed by atoms with Gasteiger partial charge < -0.3 is 5.11 Å². The minimum absolute atomic E-state index is 0. The summed E-state index contributed by atoms with van der Waals surface area (Å²) in [5.74, 6) is -0.833. The molecule has 0 amide bonds. The zero-order chi connectivity index (χ0) is 31.2. The van der Waals surface area contributed by atoms with Gasteiger partial charge in [0.1, 0.15) is 0 Å². The number of hydrogen-bond donors (Lipinski definition) is 1. The molecule has 0 radical (unpaired) electrons. The van der Waals surface area contributed by atoms with Crippen LogP contribution in [0.4, 0.5) is 0 Å². The van der Waals surface area contributed by atoms with E-state index in [9.17, 15) is 0 Å². The van der Waals surface area contributed by atoms with Crippen molar-refractivity contribution in [1.29, 1.82) is 0 Å². The Hall–Kier alpha value is -2.77. The molecule has 0 aliphatic carbocycles. The molecule has 0 saturated heterocycles. The Bertz CT molecular complexity index is 1620. The molecular weight excluding hydrogens is 716 g/mol. The van der Waals surface area contributed by atoms with Crippen LogP contribution in [0.25, 0.3) is 11.1 Å². The maximum atomic E-state index is 9.00. The van der Waals surface area contributed by atoms with Gasteiger partial charge in [0.25, 0.3) is 5.97 Å². The van der Waals surface area contributed by atoms with Gasteiger partial charge in [0.05, 0.1) is 0 Å². The average Bonchev–Trinajstić information content (AvgIpc) is 3.47. The zero-order valence-corrected chi connectivity index (χ0v) is 31.1. The largest absolute Gasteiger partial charge is 2.00 e. The SMILES string of the molecule is CC(=O)O.Cc1sc(C)c(P(c2ccccc2)c2ccccc2)c1-c1c(C)sc(C)c1P(c1ccccc1)c1ccccc1.[Ru+2]. The first-order valence-corrected chi connectivity index (χ1v) is 18.8. The van der Waals surface area contributed by atoms with Gasteiger partial charge in [-0.3, -0.25) is 4.79 Å². The van der Waals surface area contributed by atoms with Gasteiger partial charge in [0.2, 0.25) is 0 Å². The second-order valence-corrected chi connectivity index (χ2v) is 17.6. The summed E-state index contributed by atoms with van der Waals surface area (Å²) in [4.78, 5) is 14.7. The Kier molecular flexibility index (Phi) is 12.6. The van der Waals surface area contributed by atoms with Crippen molar-refractivity contribution in [3.8, 4) is 11.1 Å². The van der Waals surface area contributed by atoms with Crippen LogP contribution in [0.5, 0.6) is 0 Å². The van der Waals surface area contributed by atoms with Crippen molar-refractivity contribution in [3.63, 3.8) is 0 Å². The summed E-state index contributed by atoms with van der Waals surface area (Å²) in [6.45, 7) is 10.4. The minimum atomic E-state index is -0.833. The fraction of sp³-hybridized carbons (Fsp3) is 0.132. The van der Waals surface area contributed by atoms with E-state index in [1.165, 1.54) is 62.5 Å². The van der Waals surface area contributed by atoms with Crippen molar-refractivity contribution in [1.82, 2.24) is 0 Å². The normalized spacial score (nSPS) is 10.7. The van der Waals surface area contributed by atoms with Crippen LogP contribution in [0.1, 0.15) is 26.4 Å². The smallest absolute Gasteiger partial charge is 0.481 e. The van der Waals surface area contributed by atoms with Crippen LogP contribution in [0, 0.1) is 27.7 Å². The Balaban J connectivity index is 0.000000871. The molecule has 2 nitrogen and oxygen atoms in total. The van der Waals surface area contributed by atoms with Gasteiger partial charge in [-0.25, -0.2) is 0 Å². The number of thiophene rings is 2. The van der Waals surface area contributed by atoms with Crippen molar-refractivity contribution in [2.24, 2.45) is 0 Å². The van der Waals surface area contributed by atoms with E-state index in [4.69, 9.17) is 9.90 Å². The maximum absolute atomic E-state index is 9.00. The van der Waals surface area contributed by atoms with E-state index in [0.29, 0.717) is 0 Å². The standard InChI is InChI=1S/C36H32P2S2.C2H4O2.Ru/c1-25-33(35(27(3)39-25)37(29-17-9-5-10-18-29)30-19-11-6-12-20-30)34-26(2)40-28(4)36(34)38(31-21-13-7-14-22-31)32-23-15-8-16-24-32;1-2(3)4;/h5-24H,1-4H3;1H3,(H,3,4);/q;;+2. The van der Waals surface area contributed by atoms with Crippen LogP contribution in [0.2, 0.25) is 0 Å². The van der Waals surface area contributed by atoms with E-state index in [1.807, 2.05) is 22.7 Å². The van der Waals surface area contributed by atoms with E-state index in [-0.39, 0.29) is 19.5 Å². The van der Waals surface area contributed by atoms with Crippen molar-refractivity contribution < 1.29 is 29.4 Å². The molecule has 0 aliphatic heterocycles. The first kappa shape index (κ1) is 35.1. The Labute approximate surface area is 290 Å². The fourth-order valence-electron chi connectivity index (χ4n) is 5.59. The van der Waals surface area contributed by atoms with E-state index < -0.39 is 21.8 Å². The van der Waals surface area contributed by atoms with E-state index in [2.05, 4.69) is 149 Å². The van der Waals surface area contributed by atoms with E-state index >= 15 is 0 Å². The predicted molar refractivity (Wildman–Crippen MR) is 197 cm³/mol. The third-order valence-corrected chi connectivity index (χ3v) is 14.8. The first-order chi connectivity index (χ1) is 21.3. The molecule has 45 heavy (non-hydrogen) atoms. The molecule has 6 rings (SSSR count). The van der Waals surface area contributed by atoms with Gasteiger partial charge in [0.15, 0.2) is 0 Å². The number of aliphatic carboxylic acids is 1. The summed E-state index contributed by atoms with van der Waals surface area (Å²) in [7, 11) is -1.42. The van der Waals surface area contributed by atoms with Crippen LogP contribution in [0.3, 0.4) is 0 Å². The molecule has 0 unspecified atom stereocenters. The topological polar surface area (TPSA) is 37.3 Å².